The van der Waals surface area contributed by atoms with Gasteiger partial charge in [-0.2, -0.15) is 0 Å². The van der Waals surface area contributed by atoms with Crippen LogP contribution >= 0.6 is 15.9 Å². The summed E-state index contributed by atoms with van der Waals surface area (Å²) in [7, 11) is 0. The van der Waals surface area contributed by atoms with Gasteiger partial charge in [0.1, 0.15) is 0 Å². The first-order chi connectivity index (χ1) is 8.99. The number of nitrogens with zero attached hydrogens (tertiary/aromatic N) is 1. The molecule has 106 valence electrons. The van der Waals surface area contributed by atoms with Crippen LogP contribution < -0.4 is 10.6 Å². The summed E-state index contributed by atoms with van der Waals surface area (Å²) in [5, 5.41) is 0. The lowest BCUT2D eigenvalue weighted by molar-refractivity contribution is 0.351. The Labute approximate surface area is 125 Å². The van der Waals surface area contributed by atoms with Gasteiger partial charge in [-0.1, -0.05) is 13.8 Å². The molecule has 0 spiro atoms. The van der Waals surface area contributed by atoms with E-state index in [9.17, 15) is 0 Å². The van der Waals surface area contributed by atoms with Gasteiger partial charge >= 0.3 is 0 Å². The molecule has 0 radical (unpaired) electrons. The number of aryl methyl sites for hydroxylation is 1. The Kier molecular flexibility index (Phi) is 4.77. The first kappa shape index (κ1) is 14.7. The van der Waals surface area contributed by atoms with Crippen LogP contribution in [0.1, 0.15) is 38.7 Å². The van der Waals surface area contributed by atoms with E-state index in [2.05, 4.69) is 47.7 Å². The molecule has 1 aromatic carbocycles. The van der Waals surface area contributed by atoms with Crippen molar-refractivity contribution in [3.63, 3.8) is 0 Å². The summed E-state index contributed by atoms with van der Waals surface area (Å²) in [5.41, 5.74) is 9.30. The minimum absolute atomic E-state index is 0.802. The first-order valence-corrected chi connectivity index (χ1v) is 8.09. The van der Waals surface area contributed by atoms with Crippen LogP contribution in [0, 0.1) is 18.8 Å². The molecule has 0 amide bonds. The van der Waals surface area contributed by atoms with Gasteiger partial charge in [0.25, 0.3) is 0 Å². The predicted octanol–water partition coefficient (Wildman–Crippen LogP) is 4.60. The second-order valence-electron chi connectivity index (χ2n) is 6.08. The highest BCUT2D eigenvalue weighted by Crippen LogP contribution is 2.34. The minimum atomic E-state index is 0.802. The number of nitrogens with two attached hydrogens (primary N) is 1. The molecule has 0 aliphatic carbocycles. The van der Waals surface area contributed by atoms with Crippen molar-refractivity contribution >= 4 is 27.3 Å². The van der Waals surface area contributed by atoms with Gasteiger partial charge in [-0.3, -0.25) is 0 Å². The lowest BCUT2D eigenvalue weighted by atomic mass is 9.89. The molecule has 1 heterocycles. The second kappa shape index (κ2) is 6.17. The van der Waals surface area contributed by atoms with Crippen LogP contribution in [0.15, 0.2) is 16.6 Å². The van der Waals surface area contributed by atoms with Gasteiger partial charge in [-0.25, -0.2) is 0 Å². The Hall–Kier alpha value is -0.700. The SMILES string of the molecule is Cc1cc(N2CCCC(C(C)C)CC2)c(Br)cc1N. The van der Waals surface area contributed by atoms with E-state index in [-0.39, 0.29) is 0 Å². The molecule has 1 aliphatic heterocycles. The van der Waals surface area contributed by atoms with E-state index >= 15 is 0 Å². The molecule has 1 aliphatic rings. The summed E-state index contributed by atoms with van der Waals surface area (Å²) >= 11 is 3.66. The maximum atomic E-state index is 5.96. The van der Waals surface area contributed by atoms with Gasteiger partial charge in [-0.05, 0) is 71.6 Å². The lowest BCUT2D eigenvalue weighted by Crippen LogP contribution is -2.25. The standard InChI is InChI=1S/C16H25BrN2/c1-11(2)13-5-4-7-19(8-6-13)16-9-12(3)15(18)10-14(16)17/h9-11,13H,4-8,18H2,1-3H3. The largest absolute Gasteiger partial charge is 0.398 e. The van der Waals surface area contributed by atoms with E-state index in [0.29, 0.717) is 0 Å². The maximum Gasteiger partial charge on any atom is 0.0514 e. The quantitative estimate of drug-likeness (QED) is 0.805. The number of rotatable bonds is 2. The van der Waals surface area contributed by atoms with Gasteiger partial charge in [0, 0.05) is 23.2 Å². The fourth-order valence-electron chi connectivity index (χ4n) is 2.95. The third-order valence-electron chi connectivity index (χ3n) is 4.39. The molecule has 3 heteroatoms. The number of halogens is 1. The molecule has 2 rings (SSSR count). The summed E-state index contributed by atoms with van der Waals surface area (Å²) in [6, 6.07) is 4.25. The molecule has 1 aromatic rings. The maximum absolute atomic E-state index is 5.96. The third kappa shape index (κ3) is 3.44. The number of nitrogen functional groups attached to an aromatic ring is 1. The molecule has 2 nitrogen and oxygen atoms in total. The van der Waals surface area contributed by atoms with Crippen molar-refractivity contribution in [2.45, 2.75) is 40.0 Å². The smallest absolute Gasteiger partial charge is 0.0514 e. The highest BCUT2D eigenvalue weighted by atomic mass is 79.9. The van der Waals surface area contributed by atoms with Gasteiger partial charge in [0.15, 0.2) is 0 Å². The van der Waals surface area contributed by atoms with Crippen molar-refractivity contribution in [3.8, 4) is 0 Å². The lowest BCUT2D eigenvalue weighted by Gasteiger charge is -2.25. The van der Waals surface area contributed by atoms with E-state index in [0.717, 1.165) is 35.1 Å². The van der Waals surface area contributed by atoms with Crippen molar-refractivity contribution in [2.75, 3.05) is 23.7 Å². The fourth-order valence-corrected chi connectivity index (χ4v) is 3.57. The van der Waals surface area contributed by atoms with Crippen molar-refractivity contribution < 1.29 is 0 Å². The zero-order chi connectivity index (χ0) is 14.0. The normalized spacial score (nSPS) is 20.7. The van der Waals surface area contributed by atoms with Crippen LogP contribution in [0.3, 0.4) is 0 Å². The van der Waals surface area contributed by atoms with E-state index in [1.54, 1.807) is 0 Å². The van der Waals surface area contributed by atoms with Crippen molar-refractivity contribution in [1.82, 2.24) is 0 Å². The predicted molar refractivity (Wildman–Crippen MR) is 87.7 cm³/mol. The molecule has 0 aromatic heterocycles. The summed E-state index contributed by atoms with van der Waals surface area (Å²) in [6.07, 6.45) is 3.95. The summed E-state index contributed by atoms with van der Waals surface area (Å²) in [4.78, 5) is 2.51. The van der Waals surface area contributed by atoms with E-state index < -0.39 is 0 Å². The molecule has 0 saturated carbocycles. The Morgan fingerprint density at radius 3 is 2.68 bits per heavy atom. The summed E-state index contributed by atoms with van der Waals surface area (Å²) in [6.45, 7) is 9.10. The number of hydrogen-bond acceptors (Lipinski definition) is 2. The Morgan fingerprint density at radius 1 is 1.26 bits per heavy atom. The Morgan fingerprint density at radius 2 is 2.00 bits per heavy atom. The van der Waals surface area contributed by atoms with Crippen LogP contribution in [0.2, 0.25) is 0 Å². The monoisotopic (exact) mass is 324 g/mol. The molecule has 1 unspecified atom stereocenters. The molecule has 19 heavy (non-hydrogen) atoms. The van der Waals surface area contributed by atoms with Crippen LogP contribution in [-0.4, -0.2) is 13.1 Å². The van der Waals surface area contributed by atoms with E-state index in [1.165, 1.54) is 30.5 Å². The third-order valence-corrected chi connectivity index (χ3v) is 5.03. The summed E-state index contributed by atoms with van der Waals surface area (Å²) in [5.74, 6) is 1.68. The Bertz CT molecular complexity index is 443. The average Bonchev–Trinajstić information content (AvgIpc) is 2.59. The zero-order valence-corrected chi connectivity index (χ0v) is 13.8. The average molecular weight is 325 g/mol. The molecular weight excluding hydrogens is 300 g/mol. The molecule has 0 bridgehead atoms. The number of benzene rings is 1. The molecule has 1 saturated heterocycles. The molecule has 2 N–H and O–H groups in total. The molecular formula is C16H25BrN2. The van der Waals surface area contributed by atoms with Crippen LogP contribution in [-0.2, 0) is 0 Å². The van der Waals surface area contributed by atoms with Gasteiger partial charge in [-0.15, -0.1) is 0 Å². The van der Waals surface area contributed by atoms with Gasteiger partial charge in [0.05, 0.1) is 5.69 Å². The minimum Gasteiger partial charge on any atom is -0.398 e. The number of anilines is 2. The molecule has 1 atom stereocenters. The first-order valence-electron chi connectivity index (χ1n) is 7.29. The van der Waals surface area contributed by atoms with Crippen molar-refractivity contribution in [1.29, 1.82) is 0 Å². The van der Waals surface area contributed by atoms with E-state index in [4.69, 9.17) is 5.73 Å². The van der Waals surface area contributed by atoms with Crippen LogP contribution in [0.4, 0.5) is 11.4 Å². The van der Waals surface area contributed by atoms with Gasteiger partial charge < -0.3 is 10.6 Å². The van der Waals surface area contributed by atoms with Crippen LogP contribution in [0.25, 0.3) is 0 Å². The van der Waals surface area contributed by atoms with Crippen molar-refractivity contribution in [3.05, 3.63) is 22.2 Å². The van der Waals surface area contributed by atoms with Gasteiger partial charge in [0.2, 0.25) is 0 Å². The zero-order valence-electron chi connectivity index (χ0n) is 12.2. The topological polar surface area (TPSA) is 29.3 Å². The highest BCUT2D eigenvalue weighted by Gasteiger charge is 2.21. The fraction of sp³-hybridized carbons (Fsp3) is 0.625. The van der Waals surface area contributed by atoms with Crippen LogP contribution in [0.5, 0.6) is 0 Å². The highest BCUT2D eigenvalue weighted by molar-refractivity contribution is 9.10. The summed E-state index contributed by atoms with van der Waals surface area (Å²) < 4.78 is 1.12. The second-order valence-corrected chi connectivity index (χ2v) is 6.94. The van der Waals surface area contributed by atoms with Crippen molar-refractivity contribution in [2.24, 2.45) is 11.8 Å². The number of hydrogen-bond donors (Lipinski definition) is 1. The Balaban J connectivity index is 2.16. The molecule has 1 fully saturated rings. The van der Waals surface area contributed by atoms with E-state index in [1.807, 2.05) is 6.07 Å².